The van der Waals surface area contributed by atoms with Crippen LogP contribution in [0, 0.1) is 17.3 Å². The van der Waals surface area contributed by atoms with Gasteiger partial charge in [-0.1, -0.05) is 27.7 Å². The quantitative estimate of drug-likeness (QED) is 0.802. The van der Waals surface area contributed by atoms with Gasteiger partial charge in [0.25, 0.3) is 0 Å². The third-order valence-electron chi connectivity index (χ3n) is 3.57. The standard InChI is InChI=1S/C13H25NO2/c1-10(2)8-14-6-5-11(7-12(15)16)13(3,4)9-14/h10-11H,5-9H2,1-4H3,(H,15,16). The zero-order valence-corrected chi connectivity index (χ0v) is 11.0. The summed E-state index contributed by atoms with van der Waals surface area (Å²) in [6.07, 6.45) is 1.34. The van der Waals surface area contributed by atoms with Gasteiger partial charge in [0.05, 0.1) is 0 Å². The fraction of sp³-hybridized carbons (Fsp3) is 0.923. The lowest BCUT2D eigenvalue weighted by Gasteiger charge is -2.44. The molecule has 1 fully saturated rings. The highest BCUT2D eigenvalue weighted by Gasteiger charge is 2.36. The predicted octanol–water partition coefficient (Wildman–Crippen LogP) is 2.47. The molecule has 0 amide bonds. The average molecular weight is 227 g/mol. The molecule has 0 spiro atoms. The van der Waals surface area contributed by atoms with Crippen molar-refractivity contribution < 1.29 is 9.90 Å². The van der Waals surface area contributed by atoms with E-state index in [2.05, 4.69) is 32.6 Å². The lowest BCUT2D eigenvalue weighted by atomic mass is 9.72. The predicted molar refractivity (Wildman–Crippen MR) is 65.4 cm³/mol. The molecular weight excluding hydrogens is 202 g/mol. The van der Waals surface area contributed by atoms with Gasteiger partial charge in [-0.05, 0) is 30.2 Å². The van der Waals surface area contributed by atoms with Crippen molar-refractivity contribution >= 4 is 5.97 Å². The van der Waals surface area contributed by atoms with Crippen LogP contribution in [0.5, 0.6) is 0 Å². The molecule has 1 aliphatic heterocycles. The van der Waals surface area contributed by atoms with Gasteiger partial charge >= 0.3 is 5.97 Å². The number of aliphatic carboxylic acids is 1. The summed E-state index contributed by atoms with van der Waals surface area (Å²) in [5, 5.41) is 8.90. The normalized spacial score (nSPS) is 25.9. The summed E-state index contributed by atoms with van der Waals surface area (Å²) in [7, 11) is 0. The first kappa shape index (κ1) is 13.5. The van der Waals surface area contributed by atoms with Gasteiger partial charge in [0.15, 0.2) is 0 Å². The minimum absolute atomic E-state index is 0.130. The summed E-state index contributed by atoms with van der Waals surface area (Å²) >= 11 is 0. The third kappa shape index (κ3) is 3.78. The molecule has 1 N–H and O–H groups in total. The number of carboxylic acid groups (broad SMARTS) is 1. The Morgan fingerprint density at radius 2 is 2.12 bits per heavy atom. The molecule has 1 heterocycles. The van der Waals surface area contributed by atoms with Gasteiger partial charge in [-0.25, -0.2) is 0 Å². The van der Waals surface area contributed by atoms with Gasteiger partial charge in [-0.2, -0.15) is 0 Å². The van der Waals surface area contributed by atoms with E-state index in [9.17, 15) is 4.79 Å². The highest BCUT2D eigenvalue weighted by atomic mass is 16.4. The second kappa shape index (κ2) is 5.17. The molecular formula is C13H25NO2. The van der Waals surface area contributed by atoms with E-state index in [4.69, 9.17) is 5.11 Å². The fourth-order valence-electron chi connectivity index (χ4n) is 2.77. The highest BCUT2D eigenvalue weighted by Crippen LogP contribution is 2.37. The van der Waals surface area contributed by atoms with Crippen molar-refractivity contribution in [1.82, 2.24) is 4.90 Å². The SMILES string of the molecule is CC(C)CN1CCC(CC(=O)O)C(C)(C)C1. The maximum atomic E-state index is 10.8. The Balaban J connectivity index is 2.54. The second-order valence-electron chi connectivity index (χ2n) is 6.20. The lowest BCUT2D eigenvalue weighted by Crippen LogP contribution is -2.47. The number of likely N-dealkylation sites (tertiary alicyclic amines) is 1. The van der Waals surface area contributed by atoms with Gasteiger partial charge in [-0.3, -0.25) is 4.79 Å². The van der Waals surface area contributed by atoms with Crippen LogP contribution in [0.15, 0.2) is 0 Å². The van der Waals surface area contributed by atoms with E-state index in [1.165, 1.54) is 0 Å². The zero-order chi connectivity index (χ0) is 12.3. The summed E-state index contributed by atoms with van der Waals surface area (Å²) in [5.74, 6) is 0.357. The van der Waals surface area contributed by atoms with Crippen molar-refractivity contribution in [1.29, 1.82) is 0 Å². The number of carboxylic acids is 1. The molecule has 1 saturated heterocycles. The third-order valence-corrected chi connectivity index (χ3v) is 3.57. The summed E-state index contributed by atoms with van der Waals surface area (Å²) < 4.78 is 0. The monoisotopic (exact) mass is 227 g/mol. The summed E-state index contributed by atoms with van der Waals surface area (Å²) in [6, 6.07) is 0. The first-order valence-electron chi connectivity index (χ1n) is 6.25. The van der Waals surface area contributed by atoms with Crippen LogP contribution >= 0.6 is 0 Å². The van der Waals surface area contributed by atoms with Crippen molar-refractivity contribution in [3.8, 4) is 0 Å². The molecule has 3 nitrogen and oxygen atoms in total. The van der Waals surface area contributed by atoms with Crippen molar-refractivity contribution in [2.24, 2.45) is 17.3 Å². The second-order valence-corrected chi connectivity index (χ2v) is 6.20. The van der Waals surface area contributed by atoms with Crippen LogP contribution in [0.3, 0.4) is 0 Å². The number of carbonyl (C=O) groups is 1. The minimum atomic E-state index is -0.657. The van der Waals surface area contributed by atoms with Crippen LogP contribution < -0.4 is 0 Å². The largest absolute Gasteiger partial charge is 0.481 e. The van der Waals surface area contributed by atoms with Gasteiger partial charge in [0, 0.05) is 19.5 Å². The molecule has 0 radical (unpaired) electrons. The molecule has 3 heteroatoms. The molecule has 0 aromatic rings. The van der Waals surface area contributed by atoms with Gasteiger partial charge < -0.3 is 10.0 Å². The Morgan fingerprint density at radius 3 is 2.56 bits per heavy atom. The van der Waals surface area contributed by atoms with E-state index in [1.54, 1.807) is 0 Å². The molecule has 1 atom stereocenters. The van der Waals surface area contributed by atoms with Crippen molar-refractivity contribution in [3.63, 3.8) is 0 Å². The number of piperidine rings is 1. The molecule has 0 aromatic carbocycles. The topological polar surface area (TPSA) is 40.5 Å². The van der Waals surface area contributed by atoms with Crippen molar-refractivity contribution in [2.75, 3.05) is 19.6 Å². The van der Waals surface area contributed by atoms with Crippen molar-refractivity contribution in [2.45, 2.75) is 40.5 Å². The molecule has 1 unspecified atom stereocenters. The Morgan fingerprint density at radius 1 is 1.50 bits per heavy atom. The lowest BCUT2D eigenvalue weighted by molar-refractivity contribution is -0.140. The maximum absolute atomic E-state index is 10.8. The summed E-state index contributed by atoms with van der Waals surface area (Å²) in [4.78, 5) is 13.3. The van der Waals surface area contributed by atoms with E-state index in [0.29, 0.717) is 18.3 Å². The maximum Gasteiger partial charge on any atom is 0.303 e. The van der Waals surface area contributed by atoms with Crippen LogP contribution in [0.4, 0.5) is 0 Å². The van der Waals surface area contributed by atoms with E-state index in [0.717, 1.165) is 26.1 Å². The number of hydrogen-bond acceptors (Lipinski definition) is 2. The van der Waals surface area contributed by atoms with Crippen LogP contribution in [0.1, 0.15) is 40.5 Å². The van der Waals surface area contributed by atoms with E-state index in [-0.39, 0.29) is 5.41 Å². The minimum Gasteiger partial charge on any atom is -0.481 e. The molecule has 1 rings (SSSR count). The number of rotatable bonds is 4. The molecule has 0 aliphatic carbocycles. The van der Waals surface area contributed by atoms with Gasteiger partial charge in [0.1, 0.15) is 0 Å². The molecule has 1 aliphatic rings. The van der Waals surface area contributed by atoms with E-state index < -0.39 is 5.97 Å². The molecule has 16 heavy (non-hydrogen) atoms. The average Bonchev–Trinajstić information content (AvgIpc) is 2.07. The molecule has 0 aromatic heterocycles. The van der Waals surface area contributed by atoms with Crippen LogP contribution in [0.2, 0.25) is 0 Å². The molecule has 0 bridgehead atoms. The Kier molecular flexibility index (Phi) is 4.36. The number of nitrogens with zero attached hydrogens (tertiary/aromatic N) is 1. The highest BCUT2D eigenvalue weighted by molar-refractivity contribution is 5.67. The zero-order valence-electron chi connectivity index (χ0n) is 11.0. The van der Waals surface area contributed by atoms with Crippen LogP contribution in [0.25, 0.3) is 0 Å². The summed E-state index contributed by atoms with van der Waals surface area (Å²) in [5.41, 5.74) is 0.130. The first-order valence-corrected chi connectivity index (χ1v) is 6.25. The fourth-order valence-corrected chi connectivity index (χ4v) is 2.77. The van der Waals surface area contributed by atoms with Crippen molar-refractivity contribution in [3.05, 3.63) is 0 Å². The Labute approximate surface area is 98.8 Å². The number of hydrogen-bond donors (Lipinski definition) is 1. The molecule has 0 saturated carbocycles. The van der Waals surface area contributed by atoms with Crippen LogP contribution in [-0.4, -0.2) is 35.6 Å². The summed E-state index contributed by atoms with van der Waals surface area (Å²) in [6.45, 7) is 12.1. The smallest absolute Gasteiger partial charge is 0.303 e. The van der Waals surface area contributed by atoms with E-state index >= 15 is 0 Å². The Hall–Kier alpha value is -0.570. The van der Waals surface area contributed by atoms with Gasteiger partial charge in [0.2, 0.25) is 0 Å². The van der Waals surface area contributed by atoms with Crippen LogP contribution in [-0.2, 0) is 4.79 Å². The first-order chi connectivity index (χ1) is 7.31. The van der Waals surface area contributed by atoms with E-state index in [1.807, 2.05) is 0 Å². The molecule has 94 valence electrons. The Bertz CT molecular complexity index is 248. The van der Waals surface area contributed by atoms with Gasteiger partial charge in [-0.15, -0.1) is 0 Å².